The summed E-state index contributed by atoms with van der Waals surface area (Å²) < 4.78 is 41.5. The Morgan fingerprint density at radius 1 is 1.37 bits per heavy atom. The second kappa shape index (κ2) is 10.5. The number of fused-ring (bicyclic) bond motifs is 1. The van der Waals surface area contributed by atoms with E-state index >= 15 is 0 Å². The number of hydrogen-bond acceptors (Lipinski definition) is 9. The Kier molecular flexibility index (Phi) is 7.84. The van der Waals surface area contributed by atoms with E-state index in [1.54, 1.807) is 6.92 Å². The molecule has 0 spiro atoms. The molecular weight excluding hydrogens is 477 g/mol. The number of phosphoric ester groups is 1. The van der Waals surface area contributed by atoms with Gasteiger partial charge in [0.25, 0.3) is 0 Å². The second-order valence-corrected chi connectivity index (χ2v) is 11.2. The molecule has 3 fully saturated rings. The Balaban J connectivity index is 1.37. The van der Waals surface area contributed by atoms with Crippen molar-refractivity contribution in [3.05, 3.63) is 12.3 Å². The molecular formula is C24H32NO9P. The molecule has 3 aliphatic heterocycles. The van der Waals surface area contributed by atoms with Crippen LogP contribution in [-0.2, 0) is 42.0 Å². The summed E-state index contributed by atoms with van der Waals surface area (Å²) in [6, 6.07) is 0. The number of carbonyl (C=O) groups excluding carboxylic acids is 3. The van der Waals surface area contributed by atoms with Crippen LogP contribution in [0.3, 0.4) is 0 Å². The minimum atomic E-state index is -4.00. The van der Waals surface area contributed by atoms with Crippen molar-refractivity contribution < 1.29 is 42.0 Å². The largest absolute Gasteiger partial charge is 0.475 e. The third-order valence-corrected chi connectivity index (χ3v) is 8.56. The summed E-state index contributed by atoms with van der Waals surface area (Å²) in [6.45, 7) is 3.42. The molecule has 11 heteroatoms. The van der Waals surface area contributed by atoms with Crippen LogP contribution in [0.25, 0.3) is 0 Å². The number of terminal acetylenes is 1. The highest BCUT2D eigenvalue weighted by molar-refractivity contribution is 7.48. The van der Waals surface area contributed by atoms with Gasteiger partial charge >= 0.3 is 13.8 Å². The van der Waals surface area contributed by atoms with Crippen molar-refractivity contribution in [1.82, 2.24) is 4.90 Å². The summed E-state index contributed by atoms with van der Waals surface area (Å²) in [6.07, 6.45) is 10.5. The number of hydrogen-bond donors (Lipinski definition) is 0. The molecule has 4 rings (SSSR count). The van der Waals surface area contributed by atoms with E-state index in [0.29, 0.717) is 12.8 Å². The molecule has 0 aromatic carbocycles. The maximum Gasteiger partial charge on any atom is 0.475 e. The minimum absolute atomic E-state index is 0.0192. The van der Waals surface area contributed by atoms with E-state index in [1.165, 1.54) is 17.2 Å². The molecule has 0 radical (unpaired) electrons. The number of rotatable bonds is 8. The van der Waals surface area contributed by atoms with Gasteiger partial charge < -0.3 is 9.47 Å². The Morgan fingerprint density at radius 2 is 2.11 bits per heavy atom. The lowest BCUT2D eigenvalue weighted by Crippen LogP contribution is -2.49. The Morgan fingerprint density at radius 3 is 2.77 bits per heavy atom. The molecule has 10 nitrogen and oxygen atoms in total. The molecule has 1 amide bonds. The van der Waals surface area contributed by atoms with Crippen LogP contribution >= 0.6 is 7.82 Å². The van der Waals surface area contributed by atoms with Crippen LogP contribution in [0.1, 0.15) is 58.8 Å². The van der Waals surface area contributed by atoms with Gasteiger partial charge in [0, 0.05) is 6.20 Å². The van der Waals surface area contributed by atoms with Crippen molar-refractivity contribution in [2.24, 2.45) is 11.3 Å². The third-order valence-electron chi connectivity index (χ3n) is 7.11. The van der Waals surface area contributed by atoms with Gasteiger partial charge in [0.15, 0.2) is 12.0 Å². The van der Waals surface area contributed by atoms with Crippen molar-refractivity contribution >= 4 is 25.5 Å². The number of esters is 1. The van der Waals surface area contributed by atoms with Gasteiger partial charge in [0.05, 0.1) is 25.6 Å². The summed E-state index contributed by atoms with van der Waals surface area (Å²) in [7, 11) is -4.00. The van der Waals surface area contributed by atoms with Crippen molar-refractivity contribution in [2.45, 2.75) is 83.3 Å². The predicted molar refractivity (Wildman–Crippen MR) is 122 cm³/mol. The molecule has 0 N–H and O–H groups in total. The van der Waals surface area contributed by atoms with Crippen molar-refractivity contribution in [3.8, 4) is 12.3 Å². The molecule has 0 bridgehead atoms. The van der Waals surface area contributed by atoms with E-state index in [1.807, 2.05) is 6.92 Å². The zero-order valence-electron chi connectivity index (χ0n) is 20.1. The van der Waals surface area contributed by atoms with Gasteiger partial charge in [0.2, 0.25) is 5.91 Å². The fourth-order valence-electron chi connectivity index (χ4n) is 4.94. The minimum Gasteiger partial charge on any atom is -0.462 e. The van der Waals surface area contributed by atoms with E-state index in [4.69, 9.17) is 29.5 Å². The van der Waals surface area contributed by atoms with Crippen LogP contribution in [0.4, 0.5) is 0 Å². The Labute approximate surface area is 205 Å². The number of ether oxygens (including phenoxy) is 2. The van der Waals surface area contributed by atoms with Gasteiger partial charge in [-0.15, -0.1) is 6.42 Å². The zero-order chi connectivity index (χ0) is 25.2. The summed E-state index contributed by atoms with van der Waals surface area (Å²) in [5, 5.41) is 0. The molecule has 1 saturated carbocycles. The molecule has 35 heavy (non-hydrogen) atoms. The average Bonchev–Trinajstić information content (AvgIpc) is 3.43. The number of nitrogens with zero attached hydrogens (tertiary/aromatic N) is 1. The van der Waals surface area contributed by atoms with E-state index in [-0.39, 0.29) is 43.4 Å². The van der Waals surface area contributed by atoms with Gasteiger partial charge in [-0.1, -0.05) is 12.8 Å². The topological polar surface area (TPSA) is 118 Å². The number of ketones is 1. The number of amides is 1. The summed E-state index contributed by atoms with van der Waals surface area (Å²) in [4.78, 5) is 37.8. The van der Waals surface area contributed by atoms with Gasteiger partial charge in [-0.2, -0.15) is 0 Å². The molecule has 0 aromatic rings. The van der Waals surface area contributed by atoms with Gasteiger partial charge in [0.1, 0.15) is 23.7 Å². The van der Waals surface area contributed by atoms with Crippen LogP contribution in [0, 0.1) is 23.7 Å². The number of carbonyl (C=O) groups is 3. The van der Waals surface area contributed by atoms with Gasteiger partial charge in [-0.3, -0.25) is 32.9 Å². The van der Waals surface area contributed by atoms with Gasteiger partial charge in [-0.25, -0.2) is 4.57 Å². The highest BCUT2D eigenvalue weighted by atomic mass is 31.2. The van der Waals surface area contributed by atoms with Crippen LogP contribution < -0.4 is 0 Å². The standard InChI is InChI=1S/C24H32NO9P/c1-4-16(22(28)32-18-8-6-7-9-18)11-13-30-35(29)31-15-19-21(34-35)24(3,5-2)23(33-19)25-12-10-17(26)14-20(25)27/h2,10,12,16,18-19,21,23H,4,6-9,11,13-15H2,1,3H3/t16?,19-,21-,23-,24-,35+/m1/s1. The van der Waals surface area contributed by atoms with Crippen molar-refractivity contribution in [1.29, 1.82) is 0 Å². The summed E-state index contributed by atoms with van der Waals surface area (Å²) in [5.41, 5.74) is -1.18. The molecule has 1 aliphatic carbocycles. The third kappa shape index (κ3) is 5.40. The molecule has 2 saturated heterocycles. The fourth-order valence-corrected chi connectivity index (χ4v) is 6.42. The molecule has 0 aromatic heterocycles. The first-order valence-corrected chi connectivity index (χ1v) is 13.6. The maximum absolute atomic E-state index is 13.2. The molecule has 1 unspecified atom stereocenters. The lowest BCUT2D eigenvalue weighted by molar-refractivity contribution is -0.154. The smallest absolute Gasteiger partial charge is 0.462 e. The van der Waals surface area contributed by atoms with Crippen LogP contribution in [0.15, 0.2) is 12.3 Å². The van der Waals surface area contributed by atoms with Crippen LogP contribution in [0.2, 0.25) is 0 Å². The molecule has 3 heterocycles. The Bertz CT molecular complexity index is 969. The Hall–Kier alpha value is -2.02. The summed E-state index contributed by atoms with van der Waals surface area (Å²) in [5.74, 6) is 1.23. The van der Waals surface area contributed by atoms with Gasteiger partial charge in [-0.05, 0) is 51.5 Å². The average molecular weight is 509 g/mol. The molecule has 4 aliphatic rings. The lowest BCUT2D eigenvalue weighted by atomic mass is 9.82. The molecule has 192 valence electrons. The normalized spacial score (nSPS) is 36.1. The van der Waals surface area contributed by atoms with E-state index in [2.05, 4.69) is 5.92 Å². The SMILES string of the molecule is C#C[C@]1(C)[C@@H]2O[P@@](=O)(OCCC(CC)C(=O)OC3CCCC3)OC[C@H]2O[C@H]1N1C=CC(=O)CC1=O. The lowest BCUT2D eigenvalue weighted by Gasteiger charge is -2.37. The van der Waals surface area contributed by atoms with E-state index in [0.717, 1.165) is 25.7 Å². The monoisotopic (exact) mass is 509 g/mol. The first kappa shape index (κ1) is 26.1. The van der Waals surface area contributed by atoms with Crippen molar-refractivity contribution in [2.75, 3.05) is 13.2 Å². The molecule has 6 atom stereocenters. The maximum atomic E-state index is 13.2. The first-order valence-electron chi connectivity index (χ1n) is 12.1. The summed E-state index contributed by atoms with van der Waals surface area (Å²) >= 11 is 0. The predicted octanol–water partition coefficient (Wildman–Crippen LogP) is 3.11. The quantitative estimate of drug-likeness (QED) is 0.210. The van der Waals surface area contributed by atoms with Crippen molar-refractivity contribution in [3.63, 3.8) is 0 Å². The fraction of sp³-hybridized carbons (Fsp3) is 0.708. The second-order valence-electron chi connectivity index (χ2n) is 9.55. The highest BCUT2D eigenvalue weighted by Gasteiger charge is 2.61. The zero-order valence-corrected chi connectivity index (χ0v) is 20.9. The van der Waals surface area contributed by atoms with Crippen LogP contribution in [0.5, 0.6) is 0 Å². The first-order chi connectivity index (χ1) is 16.7. The van der Waals surface area contributed by atoms with Crippen LogP contribution in [-0.4, -0.2) is 60.3 Å². The van der Waals surface area contributed by atoms with E-state index in [9.17, 15) is 18.9 Å². The highest BCUT2D eigenvalue weighted by Crippen LogP contribution is 2.59. The number of allylic oxidation sites excluding steroid dienone is 1. The van der Waals surface area contributed by atoms with E-state index < -0.39 is 37.6 Å². The number of phosphoric acid groups is 1.